The molecule has 0 aliphatic heterocycles. The molecule has 1 aliphatic rings. The smallest absolute Gasteiger partial charge is 0.253 e. The molecule has 0 fully saturated rings. The summed E-state index contributed by atoms with van der Waals surface area (Å²) in [6.07, 6.45) is 10.9. The lowest BCUT2D eigenvalue weighted by Crippen LogP contribution is -2.28. The van der Waals surface area contributed by atoms with Crippen molar-refractivity contribution in [3.8, 4) is 0 Å². The summed E-state index contributed by atoms with van der Waals surface area (Å²) in [5, 5.41) is 5.87. The van der Waals surface area contributed by atoms with E-state index < -0.39 is 0 Å². The molecule has 5 nitrogen and oxygen atoms in total. The monoisotopic (exact) mass is 377 g/mol. The Morgan fingerprint density at radius 3 is 2.54 bits per heavy atom. The molecule has 0 saturated carbocycles. The summed E-state index contributed by atoms with van der Waals surface area (Å²) in [7, 11) is 0. The number of aromatic nitrogens is 1. The quantitative estimate of drug-likeness (QED) is 0.711. The Balaban J connectivity index is 1.55. The highest BCUT2D eigenvalue weighted by atomic mass is 16.2. The molecule has 1 heterocycles. The molecular weight excluding hydrogens is 350 g/mol. The zero-order valence-corrected chi connectivity index (χ0v) is 16.3. The van der Waals surface area contributed by atoms with Gasteiger partial charge in [0, 0.05) is 18.9 Å². The van der Waals surface area contributed by atoms with Gasteiger partial charge in [-0.05, 0) is 50.7 Å². The first kappa shape index (κ1) is 19.8. The maximum absolute atomic E-state index is 12.5. The van der Waals surface area contributed by atoms with Crippen LogP contribution in [0.5, 0.6) is 0 Å². The fourth-order valence-electron chi connectivity index (χ4n) is 3.36. The first-order chi connectivity index (χ1) is 13.6. The Morgan fingerprint density at radius 1 is 1.07 bits per heavy atom. The van der Waals surface area contributed by atoms with Crippen LogP contribution in [0, 0.1) is 0 Å². The van der Waals surface area contributed by atoms with Crippen LogP contribution in [0.3, 0.4) is 0 Å². The van der Waals surface area contributed by atoms with E-state index >= 15 is 0 Å². The number of pyridine rings is 1. The van der Waals surface area contributed by atoms with Crippen LogP contribution in [0.1, 0.15) is 71.3 Å². The van der Waals surface area contributed by atoms with Gasteiger partial charge in [-0.1, -0.05) is 42.0 Å². The molecule has 0 saturated heterocycles. The van der Waals surface area contributed by atoms with E-state index in [0.29, 0.717) is 17.7 Å². The molecule has 2 N–H and O–H groups in total. The zero-order chi connectivity index (χ0) is 19.8. The van der Waals surface area contributed by atoms with Gasteiger partial charge in [-0.3, -0.25) is 14.6 Å². The van der Waals surface area contributed by atoms with Gasteiger partial charge in [0.25, 0.3) is 11.8 Å². The van der Waals surface area contributed by atoms with Crippen molar-refractivity contribution in [2.24, 2.45) is 0 Å². The Morgan fingerprint density at radius 2 is 1.82 bits per heavy atom. The molecule has 2 amide bonds. The van der Waals surface area contributed by atoms with Crippen LogP contribution in [0.15, 0.2) is 60.4 Å². The van der Waals surface area contributed by atoms with Crippen LogP contribution in [-0.2, 0) is 0 Å². The fraction of sp³-hybridized carbons (Fsp3) is 0.348. The Labute approximate surface area is 166 Å². The number of amides is 2. The van der Waals surface area contributed by atoms with Crippen LogP contribution < -0.4 is 10.6 Å². The van der Waals surface area contributed by atoms with Gasteiger partial charge in [0.05, 0.1) is 17.2 Å². The fourth-order valence-corrected chi connectivity index (χ4v) is 3.36. The molecule has 1 aromatic carbocycles. The molecule has 5 heteroatoms. The number of nitrogens with one attached hydrogen (secondary N) is 2. The molecule has 3 rings (SSSR count). The highest BCUT2D eigenvalue weighted by molar-refractivity contribution is 5.99. The number of carbonyl (C=O) groups is 2. The average molecular weight is 377 g/mol. The van der Waals surface area contributed by atoms with E-state index in [2.05, 4.69) is 21.7 Å². The Hall–Kier alpha value is -2.95. The lowest BCUT2D eigenvalue weighted by atomic mass is 9.97. The second-order valence-electron chi connectivity index (χ2n) is 7.18. The second-order valence-corrected chi connectivity index (χ2v) is 7.18. The number of carbonyl (C=O) groups excluding carboxylic acids is 2. The van der Waals surface area contributed by atoms with Crippen molar-refractivity contribution in [1.29, 1.82) is 0 Å². The van der Waals surface area contributed by atoms with Crippen molar-refractivity contribution in [3.05, 3.63) is 77.1 Å². The van der Waals surface area contributed by atoms with Crippen molar-refractivity contribution in [1.82, 2.24) is 15.6 Å². The maximum Gasteiger partial charge on any atom is 0.253 e. The molecule has 0 bridgehead atoms. The first-order valence-electron chi connectivity index (χ1n) is 9.90. The largest absolute Gasteiger partial charge is 0.352 e. The van der Waals surface area contributed by atoms with Crippen LogP contribution in [-0.4, -0.2) is 23.3 Å². The third-order valence-electron chi connectivity index (χ3n) is 5.03. The maximum atomic E-state index is 12.5. The summed E-state index contributed by atoms with van der Waals surface area (Å²) in [6, 6.07) is 11.2. The topological polar surface area (TPSA) is 71.1 Å². The second kappa shape index (κ2) is 9.83. The van der Waals surface area contributed by atoms with Gasteiger partial charge < -0.3 is 10.6 Å². The molecule has 1 aromatic heterocycles. The van der Waals surface area contributed by atoms with Crippen molar-refractivity contribution in [2.75, 3.05) is 6.54 Å². The molecule has 1 atom stereocenters. The van der Waals surface area contributed by atoms with Crippen molar-refractivity contribution in [2.45, 2.75) is 45.1 Å². The van der Waals surface area contributed by atoms with Crippen LogP contribution in [0.4, 0.5) is 0 Å². The normalized spacial score (nSPS) is 14.7. The van der Waals surface area contributed by atoms with E-state index in [1.165, 1.54) is 30.8 Å². The third kappa shape index (κ3) is 5.52. The summed E-state index contributed by atoms with van der Waals surface area (Å²) >= 11 is 0. The van der Waals surface area contributed by atoms with Gasteiger partial charge in [0.1, 0.15) is 0 Å². The predicted molar refractivity (Wildman–Crippen MR) is 110 cm³/mol. The van der Waals surface area contributed by atoms with Gasteiger partial charge in [-0.25, -0.2) is 0 Å². The molecule has 2 aromatic rings. The lowest BCUT2D eigenvalue weighted by Gasteiger charge is -2.15. The molecular formula is C23H27N3O2. The van der Waals surface area contributed by atoms with Gasteiger partial charge in [-0.15, -0.1) is 0 Å². The van der Waals surface area contributed by atoms with Gasteiger partial charge >= 0.3 is 0 Å². The minimum absolute atomic E-state index is 0.130. The third-order valence-corrected chi connectivity index (χ3v) is 5.03. The van der Waals surface area contributed by atoms with E-state index in [4.69, 9.17) is 0 Å². The van der Waals surface area contributed by atoms with E-state index in [0.717, 1.165) is 24.8 Å². The number of rotatable bonds is 7. The number of benzene rings is 1. The minimum Gasteiger partial charge on any atom is -0.352 e. The van der Waals surface area contributed by atoms with Crippen LogP contribution >= 0.6 is 0 Å². The minimum atomic E-state index is -0.245. The molecule has 1 unspecified atom stereocenters. The van der Waals surface area contributed by atoms with Crippen molar-refractivity contribution < 1.29 is 9.59 Å². The Bertz CT molecular complexity index is 846. The Kier molecular flexibility index (Phi) is 6.95. The average Bonchev–Trinajstić information content (AvgIpc) is 2.75. The lowest BCUT2D eigenvalue weighted by molar-refractivity contribution is 0.0939. The summed E-state index contributed by atoms with van der Waals surface area (Å²) in [5.74, 6) is -0.444. The van der Waals surface area contributed by atoms with Gasteiger partial charge in [0.2, 0.25) is 0 Å². The summed E-state index contributed by atoms with van der Waals surface area (Å²) < 4.78 is 0. The number of hydrogen-bond acceptors (Lipinski definition) is 3. The predicted octanol–water partition coefficient (Wildman–Crippen LogP) is 4.19. The molecule has 0 radical (unpaired) electrons. The molecule has 0 spiro atoms. The first-order valence-corrected chi connectivity index (χ1v) is 9.90. The van der Waals surface area contributed by atoms with Crippen LogP contribution in [0.25, 0.3) is 0 Å². The van der Waals surface area contributed by atoms with Crippen molar-refractivity contribution in [3.63, 3.8) is 0 Å². The highest BCUT2D eigenvalue weighted by Gasteiger charge is 2.14. The number of allylic oxidation sites excluding steroid dienone is 1. The highest BCUT2D eigenvalue weighted by Crippen LogP contribution is 2.19. The van der Waals surface area contributed by atoms with E-state index in [9.17, 15) is 9.59 Å². The molecule has 1 aliphatic carbocycles. The van der Waals surface area contributed by atoms with Crippen LogP contribution in [0.2, 0.25) is 0 Å². The number of nitrogens with zero attached hydrogens (tertiary/aromatic N) is 1. The van der Waals surface area contributed by atoms with Gasteiger partial charge in [-0.2, -0.15) is 0 Å². The summed E-state index contributed by atoms with van der Waals surface area (Å²) in [6.45, 7) is 2.53. The standard InChI is InChI=1S/C23H27N3O2/c1-17(19-10-6-3-7-11-19)26-23(28)21-14-20(15-24-16-21)22(27)25-13-12-18-8-4-2-5-9-18/h3,6-8,10-11,14-17H,2,4-5,9,12-13H2,1H3,(H,25,27)(H,26,28). The van der Waals surface area contributed by atoms with Gasteiger partial charge in [0.15, 0.2) is 0 Å². The summed E-state index contributed by atoms with van der Waals surface area (Å²) in [4.78, 5) is 29.0. The SMILES string of the molecule is CC(NC(=O)c1cncc(C(=O)NCCC2=CCCCC2)c1)c1ccccc1. The number of hydrogen-bond donors (Lipinski definition) is 2. The zero-order valence-electron chi connectivity index (χ0n) is 16.3. The summed E-state index contributed by atoms with van der Waals surface area (Å²) in [5.41, 5.74) is 3.23. The van der Waals surface area contributed by atoms with E-state index in [-0.39, 0.29) is 17.9 Å². The molecule has 146 valence electrons. The molecule has 28 heavy (non-hydrogen) atoms. The van der Waals surface area contributed by atoms with E-state index in [1.54, 1.807) is 6.07 Å². The van der Waals surface area contributed by atoms with E-state index in [1.807, 2.05) is 37.3 Å². The van der Waals surface area contributed by atoms with Crippen molar-refractivity contribution >= 4 is 11.8 Å².